The molecule has 3 fully saturated rings. The van der Waals surface area contributed by atoms with Crippen LogP contribution in [0.4, 0.5) is 0 Å². The van der Waals surface area contributed by atoms with Crippen LogP contribution in [0.3, 0.4) is 0 Å². The van der Waals surface area contributed by atoms with Crippen LogP contribution in [0.1, 0.15) is 43.2 Å². The second-order valence-corrected chi connectivity index (χ2v) is 8.13. The zero-order chi connectivity index (χ0) is 16.3. The van der Waals surface area contributed by atoms with E-state index < -0.39 is 0 Å². The summed E-state index contributed by atoms with van der Waals surface area (Å²) in [6, 6.07) is 15.8. The summed E-state index contributed by atoms with van der Waals surface area (Å²) in [6.45, 7) is 0. The summed E-state index contributed by atoms with van der Waals surface area (Å²) in [4.78, 5) is 0. The summed E-state index contributed by atoms with van der Waals surface area (Å²) >= 11 is 0. The molecule has 2 aromatic carbocycles. The molecule has 3 saturated carbocycles. The van der Waals surface area contributed by atoms with E-state index in [-0.39, 0.29) is 5.41 Å². The molecule has 124 valence electrons. The molecule has 0 aliphatic heterocycles. The van der Waals surface area contributed by atoms with Crippen molar-refractivity contribution >= 4 is 0 Å². The van der Waals surface area contributed by atoms with Gasteiger partial charge in [0.25, 0.3) is 0 Å². The minimum atomic E-state index is 0.0531. The van der Waals surface area contributed by atoms with E-state index >= 15 is 0 Å². The predicted octanol–water partition coefficient (Wildman–Crippen LogP) is 4.84. The quantitative estimate of drug-likeness (QED) is 0.831. The third kappa shape index (κ3) is 1.83. The number of hydrogen-bond donors (Lipinski definition) is 2. The number of fused-ring (bicyclic) bond motifs is 5. The normalized spacial score (nSPS) is 32.8. The summed E-state index contributed by atoms with van der Waals surface area (Å²) in [7, 11) is 0. The van der Waals surface area contributed by atoms with E-state index in [1.807, 2.05) is 24.3 Å². The number of phenols is 2. The van der Waals surface area contributed by atoms with Gasteiger partial charge in [0.2, 0.25) is 0 Å². The standard InChI is InChI=1S/C22H24O2/c23-17-8-4-15(5-9-17)22(16-6-10-18(24)11-7-16)13-14-12-21(22)20-3-1-2-19(14)20/h4-11,14,19-21,23-24H,1-3,12-13H2/t14-,19+,20-,21+/m0/s1. The van der Waals surface area contributed by atoms with Crippen molar-refractivity contribution in [2.24, 2.45) is 23.7 Å². The number of rotatable bonds is 2. The summed E-state index contributed by atoms with van der Waals surface area (Å²) in [5.74, 6) is 4.00. The van der Waals surface area contributed by atoms with Crippen molar-refractivity contribution in [2.75, 3.05) is 0 Å². The Morgan fingerprint density at radius 2 is 1.29 bits per heavy atom. The van der Waals surface area contributed by atoms with E-state index in [4.69, 9.17) is 0 Å². The van der Waals surface area contributed by atoms with Crippen molar-refractivity contribution in [3.8, 4) is 11.5 Å². The van der Waals surface area contributed by atoms with Crippen molar-refractivity contribution in [1.29, 1.82) is 0 Å². The molecule has 0 radical (unpaired) electrons. The van der Waals surface area contributed by atoms with Crippen LogP contribution >= 0.6 is 0 Å². The fraction of sp³-hybridized carbons (Fsp3) is 0.455. The summed E-state index contributed by atoms with van der Waals surface area (Å²) in [5.41, 5.74) is 2.73. The van der Waals surface area contributed by atoms with Crippen LogP contribution in [0.2, 0.25) is 0 Å². The van der Waals surface area contributed by atoms with Crippen LogP contribution in [0, 0.1) is 23.7 Å². The SMILES string of the molecule is Oc1ccc(C2(c3ccc(O)cc3)C[C@@H]3C[C@@H]2[C@H]2CCC[C@H]32)cc1. The maximum atomic E-state index is 9.74. The van der Waals surface area contributed by atoms with Crippen LogP contribution < -0.4 is 0 Å². The van der Waals surface area contributed by atoms with Crippen LogP contribution in [0.15, 0.2) is 48.5 Å². The summed E-state index contributed by atoms with van der Waals surface area (Å²) < 4.78 is 0. The van der Waals surface area contributed by atoms with Crippen LogP contribution in [-0.4, -0.2) is 10.2 Å². The molecule has 0 saturated heterocycles. The molecule has 2 N–H and O–H groups in total. The minimum absolute atomic E-state index is 0.0531. The zero-order valence-corrected chi connectivity index (χ0v) is 13.9. The lowest BCUT2D eigenvalue weighted by molar-refractivity contribution is 0.181. The topological polar surface area (TPSA) is 40.5 Å². The van der Waals surface area contributed by atoms with Crippen LogP contribution in [-0.2, 0) is 5.41 Å². The smallest absolute Gasteiger partial charge is 0.115 e. The van der Waals surface area contributed by atoms with Crippen molar-refractivity contribution < 1.29 is 10.2 Å². The number of hydrogen-bond acceptors (Lipinski definition) is 2. The number of aromatic hydroxyl groups is 2. The Morgan fingerprint density at radius 3 is 1.88 bits per heavy atom. The summed E-state index contributed by atoms with van der Waals surface area (Å²) in [6.07, 6.45) is 6.76. The second kappa shape index (κ2) is 5.02. The average molecular weight is 320 g/mol. The predicted molar refractivity (Wildman–Crippen MR) is 94.0 cm³/mol. The van der Waals surface area contributed by atoms with Crippen molar-refractivity contribution in [2.45, 2.75) is 37.5 Å². The molecule has 0 aromatic heterocycles. The maximum Gasteiger partial charge on any atom is 0.115 e. The zero-order valence-electron chi connectivity index (χ0n) is 13.9. The number of phenolic OH excluding ortho intramolecular Hbond substituents is 2. The molecule has 3 aliphatic rings. The molecule has 2 aromatic rings. The van der Waals surface area contributed by atoms with Gasteiger partial charge in [-0.25, -0.2) is 0 Å². The van der Waals surface area contributed by atoms with Gasteiger partial charge in [0.15, 0.2) is 0 Å². The first-order valence-corrected chi connectivity index (χ1v) is 9.27. The third-order valence-electron chi connectivity index (χ3n) is 7.29. The summed E-state index contributed by atoms with van der Waals surface area (Å²) in [5, 5.41) is 19.5. The first-order chi connectivity index (χ1) is 11.7. The highest BCUT2D eigenvalue weighted by Crippen LogP contribution is 2.68. The van der Waals surface area contributed by atoms with Gasteiger partial charge >= 0.3 is 0 Å². The molecule has 4 atom stereocenters. The van der Waals surface area contributed by atoms with Gasteiger partial charge in [0.05, 0.1) is 0 Å². The van der Waals surface area contributed by atoms with Gasteiger partial charge in [0.1, 0.15) is 11.5 Å². The molecule has 2 nitrogen and oxygen atoms in total. The Hall–Kier alpha value is -1.96. The van der Waals surface area contributed by atoms with E-state index in [1.54, 1.807) is 0 Å². The first-order valence-electron chi connectivity index (χ1n) is 9.27. The highest BCUT2D eigenvalue weighted by atomic mass is 16.3. The molecule has 3 aliphatic carbocycles. The third-order valence-corrected chi connectivity index (χ3v) is 7.29. The maximum absolute atomic E-state index is 9.74. The van der Waals surface area contributed by atoms with Gasteiger partial charge in [-0.15, -0.1) is 0 Å². The Kier molecular flexibility index (Phi) is 3.01. The molecular weight excluding hydrogens is 296 g/mol. The van der Waals surface area contributed by atoms with Gasteiger partial charge in [0, 0.05) is 5.41 Å². The van der Waals surface area contributed by atoms with Gasteiger partial charge in [-0.05, 0) is 84.7 Å². The Labute approximate surface area is 143 Å². The molecular formula is C22H24O2. The Balaban J connectivity index is 1.67. The van der Waals surface area contributed by atoms with Crippen LogP contribution in [0.25, 0.3) is 0 Å². The van der Waals surface area contributed by atoms with Gasteiger partial charge in [-0.1, -0.05) is 30.7 Å². The monoisotopic (exact) mass is 320 g/mol. The van der Waals surface area contributed by atoms with E-state index in [1.165, 1.54) is 43.2 Å². The molecule has 0 amide bonds. The van der Waals surface area contributed by atoms with Crippen molar-refractivity contribution in [3.05, 3.63) is 59.7 Å². The fourth-order valence-corrected chi connectivity index (χ4v) is 6.49. The molecule has 0 heterocycles. The number of benzene rings is 2. The second-order valence-electron chi connectivity index (χ2n) is 8.13. The lowest BCUT2D eigenvalue weighted by Gasteiger charge is -2.44. The minimum Gasteiger partial charge on any atom is -0.508 e. The molecule has 2 heteroatoms. The lowest BCUT2D eigenvalue weighted by atomic mass is 9.59. The first kappa shape index (κ1) is 14.4. The van der Waals surface area contributed by atoms with Gasteiger partial charge in [-0.2, -0.15) is 0 Å². The lowest BCUT2D eigenvalue weighted by Crippen LogP contribution is -2.40. The molecule has 5 rings (SSSR count). The van der Waals surface area contributed by atoms with E-state index in [9.17, 15) is 10.2 Å². The largest absolute Gasteiger partial charge is 0.508 e. The highest BCUT2D eigenvalue weighted by molar-refractivity contribution is 5.46. The average Bonchev–Trinajstić information content (AvgIpc) is 3.28. The van der Waals surface area contributed by atoms with Crippen molar-refractivity contribution in [1.82, 2.24) is 0 Å². The van der Waals surface area contributed by atoms with Crippen LogP contribution in [0.5, 0.6) is 11.5 Å². The van der Waals surface area contributed by atoms with Gasteiger partial charge in [-0.3, -0.25) is 0 Å². The Morgan fingerprint density at radius 1 is 0.750 bits per heavy atom. The van der Waals surface area contributed by atoms with E-state index in [0.29, 0.717) is 17.4 Å². The van der Waals surface area contributed by atoms with Gasteiger partial charge < -0.3 is 10.2 Å². The molecule has 0 spiro atoms. The molecule has 0 unspecified atom stereocenters. The van der Waals surface area contributed by atoms with Crippen molar-refractivity contribution in [3.63, 3.8) is 0 Å². The molecule has 24 heavy (non-hydrogen) atoms. The Bertz CT molecular complexity index is 701. The highest BCUT2D eigenvalue weighted by Gasteiger charge is 2.61. The van der Waals surface area contributed by atoms with E-state index in [0.717, 1.165) is 17.8 Å². The molecule has 2 bridgehead atoms. The fourth-order valence-electron chi connectivity index (χ4n) is 6.49. The van der Waals surface area contributed by atoms with E-state index in [2.05, 4.69) is 24.3 Å².